The highest BCUT2D eigenvalue weighted by atomic mass is 35.5. The Morgan fingerprint density at radius 3 is 2.39 bits per heavy atom. The molecule has 0 spiro atoms. The Hall–Kier alpha value is -2.24. The summed E-state index contributed by atoms with van der Waals surface area (Å²) in [5, 5.41) is 20.5. The molecule has 2 atom stereocenters. The number of aromatic hydroxyl groups is 1. The van der Waals surface area contributed by atoms with Gasteiger partial charge in [-0.2, -0.15) is 5.10 Å². The summed E-state index contributed by atoms with van der Waals surface area (Å²) >= 11 is 12.6. The summed E-state index contributed by atoms with van der Waals surface area (Å²) in [5.74, 6) is -0.0875. The molecule has 5 nitrogen and oxygen atoms in total. The second-order valence-corrected chi connectivity index (χ2v) is 9.26. The molecule has 7 heteroatoms. The van der Waals surface area contributed by atoms with Gasteiger partial charge in [0.05, 0.1) is 16.8 Å². The van der Waals surface area contributed by atoms with Crippen LogP contribution in [-0.2, 0) is 4.79 Å². The Kier molecular flexibility index (Phi) is 6.73. The van der Waals surface area contributed by atoms with E-state index in [1.54, 1.807) is 29.3 Å². The summed E-state index contributed by atoms with van der Waals surface area (Å²) in [4.78, 5) is 13.2. The Morgan fingerprint density at radius 2 is 1.74 bits per heavy atom. The van der Waals surface area contributed by atoms with Crippen LogP contribution >= 0.6 is 23.2 Å². The Labute approximate surface area is 193 Å². The molecule has 0 aromatic heterocycles. The fourth-order valence-corrected chi connectivity index (χ4v) is 5.03. The van der Waals surface area contributed by atoms with Crippen molar-refractivity contribution in [2.75, 3.05) is 5.01 Å². The highest BCUT2D eigenvalue weighted by molar-refractivity contribution is 6.41. The number of nitrogens with one attached hydrogen (secondary N) is 1. The van der Waals surface area contributed by atoms with E-state index in [1.807, 2.05) is 25.1 Å². The Morgan fingerprint density at radius 1 is 1.06 bits per heavy atom. The van der Waals surface area contributed by atoms with E-state index in [1.165, 1.54) is 12.8 Å². The highest BCUT2D eigenvalue weighted by Crippen LogP contribution is 2.42. The molecule has 1 amide bonds. The molecule has 2 aromatic carbocycles. The standard InChI is InChI=1S/C24H27Cl2N3O2/c1-15-22(24(31)27-18-6-4-2-3-5-7-18)28-29(21-13-10-17(25)14-20(21)26)23(15)16-8-11-19(30)12-9-16/h8-15,18,23,30H,2-7H2,1H3,(H,27,31)/t15-,23-/m1/s1. The van der Waals surface area contributed by atoms with Crippen LogP contribution < -0.4 is 10.3 Å². The maximum absolute atomic E-state index is 13.2. The van der Waals surface area contributed by atoms with Crippen molar-refractivity contribution in [3.05, 3.63) is 58.1 Å². The number of carbonyl (C=O) groups is 1. The van der Waals surface area contributed by atoms with Crippen LogP contribution in [0.3, 0.4) is 0 Å². The molecule has 0 saturated heterocycles. The molecule has 164 valence electrons. The zero-order valence-corrected chi connectivity index (χ0v) is 19.0. The minimum absolute atomic E-state index is 0.115. The molecule has 1 heterocycles. The molecule has 0 bridgehead atoms. The number of hydrazone groups is 1. The van der Waals surface area contributed by atoms with Gasteiger partial charge in [-0.05, 0) is 48.7 Å². The van der Waals surface area contributed by atoms with E-state index in [4.69, 9.17) is 28.3 Å². The van der Waals surface area contributed by atoms with Crippen LogP contribution in [0.2, 0.25) is 10.0 Å². The third-order valence-electron chi connectivity index (χ3n) is 6.20. The first-order chi connectivity index (χ1) is 14.9. The van der Waals surface area contributed by atoms with Crippen LogP contribution in [0, 0.1) is 5.92 Å². The number of hydrogen-bond acceptors (Lipinski definition) is 4. The van der Waals surface area contributed by atoms with Gasteiger partial charge in [0, 0.05) is 17.0 Å². The maximum Gasteiger partial charge on any atom is 0.268 e. The number of phenolic OH excluding ortho intramolecular Hbond substituents is 1. The van der Waals surface area contributed by atoms with Gasteiger partial charge in [-0.25, -0.2) is 0 Å². The first-order valence-electron chi connectivity index (χ1n) is 10.9. The van der Waals surface area contributed by atoms with Crippen molar-refractivity contribution in [2.24, 2.45) is 11.0 Å². The lowest BCUT2D eigenvalue weighted by molar-refractivity contribution is -0.115. The normalized spacial score (nSPS) is 22.2. The fraction of sp³-hybridized carbons (Fsp3) is 0.417. The zero-order chi connectivity index (χ0) is 22.0. The van der Waals surface area contributed by atoms with Crippen molar-refractivity contribution < 1.29 is 9.90 Å². The molecule has 2 aromatic rings. The number of phenols is 1. The minimum Gasteiger partial charge on any atom is -0.508 e. The Balaban J connectivity index is 1.66. The lowest BCUT2D eigenvalue weighted by Gasteiger charge is -2.27. The van der Waals surface area contributed by atoms with Crippen molar-refractivity contribution in [1.29, 1.82) is 0 Å². The third-order valence-corrected chi connectivity index (χ3v) is 6.74. The molecule has 1 saturated carbocycles. The predicted molar refractivity (Wildman–Crippen MR) is 126 cm³/mol. The molecule has 31 heavy (non-hydrogen) atoms. The lowest BCUT2D eigenvalue weighted by Crippen LogP contribution is -2.40. The Bertz CT molecular complexity index is 969. The summed E-state index contributed by atoms with van der Waals surface area (Å²) in [5.41, 5.74) is 2.12. The number of benzene rings is 2. The summed E-state index contributed by atoms with van der Waals surface area (Å²) in [6.07, 6.45) is 6.79. The zero-order valence-electron chi connectivity index (χ0n) is 17.5. The van der Waals surface area contributed by atoms with Crippen LogP contribution in [0.5, 0.6) is 5.75 Å². The summed E-state index contributed by atoms with van der Waals surface area (Å²) in [6.45, 7) is 2.01. The van der Waals surface area contributed by atoms with Gasteiger partial charge in [0.15, 0.2) is 0 Å². The largest absolute Gasteiger partial charge is 0.508 e. The van der Waals surface area contributed by atoms with Gasteiger partial charge >= 0.3 is 0 Å². The molecular formula is C24H27Cl2N3O2. The molecule has 0 unspecified atom stereocenters. The molecular weight excluding hydrogens is 433 g/mol. The highest BCUT2D eigenvalue weighted by Gasteiger charge is 2.40. The second-order valence-electron chi connectivity index (χ2n) is 8.41. The van der Waals surface area contributed by atoms with E-state index in [0.29, 0.717) is 21.4 Å². The summed E-state index contributed by atoms with van der Waals surface area (Å²) < 4.78 is 0. The third kappa shape index (κ3) is 4.83. The molecule has 1 aliphatic heterocycles. The molecule has 0 radical (unpaired) electrons. The van der Waals surface area contributed by atoms with E-state index in [2.05, 4.69) is 5.32 Å². The first-order valence-corrected chi connectivity index (χ1v) is 11.6. The predicted octanol–water partition coefficient (Wildman–Crippen LogP) is 6.09. The van der Waals surface area contributed by atoms with Gasteiger partial charge in [0.2, 0.25) is 0 Å². The van der Waals surface area contributed by atoms with Gasteiger partial charge in [-0.15, -0.1) is 0 Å². The number of anilines is 1. The number of nitrogens with zero attached hydrogens (tertiary/aromatic N) is 2. The summed E-state index contributed by atoms with van der Waals surface area (Å²) in [6, 6.07) is 12.2. The average molecular weight is 460 g/mol. The van der Waals surface area contributed by atoms with Gasteiger partial charge in [0.25, 0.3) is 5.91 Å². The topological polar surface area (TPSA) is 64.9 Å². The van der Waals surface area contributed by atoms with E-state index in [9.17, 15) is 9.90 Å². The second kappa shape index (κ2) is 9.49. The van der Waals surface area contributed by atoms with Crippen LogP contribution in [0.1, 0.15) is 57.1 Å². The van der Waals surface area contributed by atoms with Gasteiger partial charge in [0.1, 0.15) is 11.5 Å². The average Bonchev–Trinajstić information content (AvgIpc) is 2.89. The number of carbonyl (C=O) groups excluding carboxylic acids is 1. The maximum atomic E-state index is 13.2. The summed E-state index contributed by atoms with van der Waals surface area (Å²) in [7, 11) is 0. The van der Waals surface area contributed by atoms with Crippen molar-refractivity contribution >= 4 is 40.5 Å². The molecule has 2 aliphatic rings. The van der Waals surface area contributed by atoms with E-state index in [-0.39, 0.29) is 29.7 Å². The number of amides is 1. The van der Waals surface area contributed by atoms with Gasteiger partial charge in [-0.3, -0.25) is 9.80 Å². The fourth-order valence-electron chi connectivity index (χ4n) is 4.54. The van der Waals surface area contributed by atoms with E-state index >= 15 is 0 Å². The number of rotatable bonds is 4. The van der Waals surface area contributed by atoms with Crippen molar-refractivity contribution in [3.63, 3.8) is 0 Å². The SMILES string of the molecule is C[C@@H]1C(C(=O)NC2CCCCCC2)=NN(c2ccc(Cl)cc2Cl)[C@H]1c1ccc(O)cc1. The minimum atomic E-state index is -0.228. The molecule has 4 rings (SSSR count). The van der Waals surface area contributed by atoms with Crippen LogP contribution in [0.4, 0.5) is 5.69 Å². The van der Waals surface area contributed by atoms with Crippen molar-refractivity contribution in [3.8, 4) is 5.75 Å². The lowest BCUT2D eigenvalue weighted by atomic mass is 9.90. The van der Waals surface area contributed by atoms with E-state index < -0.39 is 0 Å². The van der Waals surface area contributed by atoms with Crippen LogP contribution in [0.15, 0.2) is 47.6 Å². The smallest absolute Gasteiger partial charge is 0.268 e. The van der Waals surface area contributed by atoms with Crippen molar-refractivity contribution in [2.45, 2.75) is 57.5 Å². The first kappa shape index (κ1) is 22.0. The van der Waals surface area contributed by atoms with Crippen LogP contribution in [-0.4, -0.2) is 22.8 Å². The van der Waals surface area contributed by atoms with Gasteiger partial charge in [-0.1, -0.05) is 67.9 Å². The quantitative estimate of drug-likeness (QED) is 0.543. The number of hydrogen-bond donors (Lipinski definition) is 2. The molecule has 1 aliphatic carbocycles. The van der Waals surface area contributed by atoms with Gasteiger partial charge < -0.3 is 10.4 Å². The molecule has 1 fully saturated rings. The van der Waals surface area contributed by atoms with Crippen molar-refractivity contribution in [1.82, 2.24) is 5.32 Å². The van der Waals surface area contributed by atoms with Crippen LogP contribution in [0.25, 0.3) is 0 Å². The van der Waals surface area contributed by atoms with E-state index in [0.717, 1.165) is 31.2 Å². The monoisotopic (exact) mass is 459 g/mol. The molecule has 2 N–H and O–H groups in total. The number of halogens is 2.